The SMILES string of the molecule is CCCCCCCCCOc1ccc(Cn2oc(=O)[nH]c2=O)cc1. The number of nitrogens with zero attached hydrogens (tertiary/aromatic N) is 1. The zero-order chi connectivity index (χ0) is 17.2. The van der Waals surface area contributed by atoms with Crippen LogP contribution in [0, 0.1) is 0 Å². The number of H-pyrrole nitrogens is 1. The van der Waals surface area contributed by atoms with Gasteiger partial charge in [0.25, 0.3) is 0 Å². The van der Waals surface area contributed by atoms with Crippen LogP contribution < -0.4 is 16.2 Å². The smallest absolute Gasteiger partial charge is 0.440 e. The maximum atomic E-state index is 11.4. The van der Waals surface area contributed by atoms with Gasteiger partial charge in [-0.05, 0) is 24.1 Å². The van der Waals surface area contributed by atoms with E-state index in [4.69, 9.17) is 9.26 Å². The summed E-state index contributed by atoms with van der Waals surface area (Å²) in [6, 6.07) is 7.46. The van der Waals surface area contributed by atoms with Crippen molar-refractivity contribution in [3.63, 3.8) is 0 Å². The van der Waals surface area contributed by atoms with Gasteiger partial charge in [-0.2, -0.15) is 0 Å². The van der Waals surface area contributed by atoms with Crippen LogP contribution in [0.4, 0.5) is 0 Å². The summed E-state index contributed by atoms with van der Waals surface area (Å²) in [7, 11) is 0. The molecule has 0 saturated heterocycles. The molecular weight excluding hydrogens is 308 g/mol. The van der Waals surface area contributed by atoms with Gasteiger partial charge in [0, 0.05) is 0 Å². The third-order valence-corrected chi connectivity index (χ3v) is 3.89. The average molecular weight is 334 g/mol. The van der Waals surface area contributed by atoms with Gasteiger partial charge in [-0.25, -0.2) is 14.6 Å². The summed E-state index contributed by atoms with van der Waals surface area (Å²) in [5, 5.41) is 0. The number of hydrogen-bond donors (Lipinski definition) is 1. The molecule has 0 radical (unpaired) electrons. The molecule has 0 spiro atoms. The van der Waals surface area contributed by atoms with E-state index in [1.807, 2.05) is 24.3 Å². The maximum Gasteiger partial charge on any atom is 0.440 e. The number of nitrogens with one attached hydrogen (secondary N) is 1. The Morgan fingerprint density at radius 3 is 2.29 bits per heavy atom. The molecule has 132 valence electrons. The van der Waals surface area contributed by atoms with Gasteiger partial charge in [-0.1, -0.05) is 57.6 Å². The maximum absolute atomic E-state index is 11.4. The van der Waals surface area contributed by atoms with Crippen molar-refractivity contribution in [2.45, 2.75) is 58.4 Å². The fourth-order valence-electron chi connectivity index (χ4n) is 2.52. The molecule has 1 aromatic heterocycles. The normalized spacial score (nSPS) is 10.9. The highest BCUT2D eigenvalue weighted by atomic mass is 16.5. The van der Waals surface area contributed by atoms with Crippen molar-refractivity contribution < 1.29 is 9.26 Å². The first kappa shape index (κ1) is 18.1. The van der Waals surface area contributed by atoms with Crippen LogP contribution in [0.2, 0.25) is 0 Å². The number of aromatic amines is 1. The summed E-state index contributed by atoms with van der Waals surface area (Å²) < 4.78 is 11.5. The fourth-order valence-corrected chi connectivity index (χ4v) is 2.52. The minimum Gasteiger partial charge on any atom is -0.494 e. The van der Waals surface area contributed by atoms with E-state index in [1.165, 1.54) is 38.5 Å². The Bertz CT molecular complexity index is 697. The minimum absolute atomic E-state index is 0.218. The van der Waals surface area contributed by atoms with E-state index in [2.05, 4.69) is 11.9 Å². The van der Waals surface area contributed by atoms with Crippen LogP contribution in [0.5, 0.6) is 5.75 Å². The first-order chi connectivity index (χ1) is 11.7. The lowest BCUT2D eigenvalue weighted by Gasteiger charge is -2.07. The third-order valence-electron chi connectivity index (χ3n) is 3.89. The summed E-state index contributed by atoms with van der Waals surface area (Å²) in [5.74, 6) is 0.0715. The monoisotopic (exact) mass is 334 g/mol. The molecule has 2 aromatic rings. The van der Waals surface area contributed by atoms with Crippen LogP contribution in [-0.4, -0.2) is 16.3 Å². The highest BCUT2D eigenvalue weighted by Crippen LogP contribution is 2.14. The summed E-state index contributed by atoms with van der Waals surface area (Å²) in [5.41, 5.74) is 0.322. The number of hydrogen-bond acceptors (Lipinski definition) is 4. The van der Waals surface area contributed by atoms with E-state index in [0.717, 1.165) is 29.1 Å². The Kier molecular flexibility index (Phi) is 7.39. The van der Waals surface area contributed by atoms with Crippen molar-refractivity contribution in [3.8, 4) is 5.75 Å². The number of aromatic nitrogens is 2. The Morgan fingerprint density at radius 2 is 1.67 bits per heavy atom. The molecule has 0 atom stereocenters. The predicted octanol–water partition coefficient (Wildman–Crippen LogP) is 3.31. The zero-order valence-electron chi connectivity index (χ0n) is 14.3. The molecule has 0 amide bonds. The van der Waals surface area contributed by atoms with E-state index in [1.54, 1.807) is 0 Å². The molecule has 2 rings (SSSR count). The number of unbranched alkanes of at least 4 members (excludes halogenated alkanes) is 6. The number of ether oxygens (including phenoxy) is 1. The second-order valence-electron chi connectivity index (χ2n) is 5.96. The van der Waals surface area contributed by atoms with Crippen molar-refractivity contribution in [3.05, 3.63) is 50.9 Å². The Balaban J connectivity index is 1.68. The summed E-state index contributed by atoms with van der Waals surface area (Å²) in [6.07, 6.45) is 8.82. The van der Waals surface area contributed by atoms with Crippen LogP contribution in [0.15, 0.2) is 38.4 Å². The Hall–Kier alpha value is -2.24. The number of rotatable bonds is 11. The van der Waals surface area contributed by atoms with Crippen molar-refractivity contribution in [2.75, 3.05) is 6.61 Å². The first-order valence-corrected chi connectivity index (χ1v) is 8.71. The van der Waals surface area contributed by atoms with E-state index >= 15 is 0 Å². The third kappa shape index (κ3) is 6.10. The molecule has 0 fully saturated rings. The Labute approximate surface area is 141 Å². The van der Waals surface area contributed by atoms with Gasteiger partial charge in [0.2, 0.25) is 0 Å². The van der Waals surface area contributed by atoms with Gasteiger partial charge >= 0.3 is 11.4 Å². The van der Waals surface area contributed by atoms with Crippen molar-refractivity contribution in [1.29, 1.82) is 0 Å². The second kappa shape index (κ2) is 9.80. The zero-order valence-corrected chi connectivity index (χ0v) is 14.3. The summed E-state index contributed by atoms with van der Waals surface area (Å²) >= 11 is 0. The van der Waals surface area contributed by atoms with E-state index in [0.29, 0.717) is 0 Å². The Morgan fingerprint density at radius 1 is 1.00 bits per heavy atom. The largest absolute Gasteiger partial charge is 0.494 e. The van der Waals surface area contributed by atoms with Crippen LogP contribution in [0.25, 0.3) is 0 Å². The molecule has 1 aromatic carbocycles. The minimum atomic E-state index is -0.741. The van der Waals surface area contributed by atoms with Gasteiger partial charge < -0.3 is 9.26 Å². The van der Waals surface area contributed by atoms with Gasteiger partial charge in [-0.15, -0.1) is 4.74 Å². The molecular formula is C18H26N2O4. The molecule has 6 nitrogen and oxygen atoms in total. The molecule has 24 heavy (non-hydrogen) atoms. The van der Waals surface area contributed by atoms with Crippen LogP contribution in [-0.2, 0) is 6.54 Å². The molecule has 0 unspecified atom stereocenters. The van der Waals surface area contributed by atoms with Gasteiger partial charge in [0.05, 0.1) is 13.2 Å². The molecule has 0 aliphatic heterocycles. The lowest BCUT2D eigenvalue weighted by molar-refractivity contribution is 0.258. The molecule has 1 N–H and O–H groups in total. The van der Waals surface area contributed by atoms with Crippen LogP contribution in [0.3, 0.4) is 0 Å². The molecule has 0 aliphatic rings. The topological polar surface area (TPSA) is 77.2 Å². The standard InChI is InChI=1S/C18H26N2O4/c1-2-3-4-5-6-7-8-13-23-16-11-9-15(10-12-16)14-20-17(21)19-18(22)24-20/h9-12H,2-8,13-14H2,1H3,(H,19,21,22). The van der Waals surface area contributed by atoms with Crippen molar-refractivity contribution in [2.24, 2.45) is 0 Å². The van der Waals surface area contributed by atoms with Gasteiger partial charge in [-0.3, -0.25) is 0 Å². The van der Waals surface area contributed by atoms with E-state index in [9.17, 15) is 9.59 Å². The summed E-state index contributed by atoms with van der Waals surface area (Å²) in [4.78, 5) is 24.4. The number of benzene rings is 1. The first-order valence-electron chi connectivity index (χ1n) is 8.71. The molecule has 0 aliphatic carbocycles. The second-order valence-corrected chi connectivity index (χ2v) is 5.96. The van der Waals surface area contributed by atoms with Gasteiger partial charge in [0.1, 0.15) is 5.75 Å². The van der Waals surface area contributed by atoms with E-state index in [-0.39, 0.29) is 6.54 Å². The fraction of sp³-hybridized carbons (Fsp3) is 0.556. The van der Waals surface area contributed by atoms with Crippen LogP contribution in [0.1, 0.15) is 57.4 Å². The molecule has 6 heteroatoms. The van der Waals surface area contributed by atoms with E-state index < -0.39 is 11.4 Å². The highest BCUT2D eigenvalue weighted by Gasteiger charge is 2.04. The average Bonchev–Trinajstić information content (AvgIpc) is 2.89. The van der Waals surface area contributed by atoms with Gasteiger partial charge in [0.15, 0.2) is 0 Å². The van der Waals surface area contributed by atoms with Crippen molar-refractivity contribution >= 4 is 0 Å². The quantitative estimate of drug-likeness (QED) is 0.640. The summed E-state index contributed by atoms with van der Waals surface area (Å²) in [6.45, 7) is 3.17. The lowest BCUT2D eigenvalue weighted by Crippen LogP contribution is -2.17. The van der Waals surface area contributed by atoms with Crippen molar-refractivity contribution in [1.82, 2.24) is 9.72 Å². The molecule has 0 bridgehead atoms. The molecule has 0 saturated carbocycles. The predicted molar refractivity (Wildman–Crippen MR) is 92.6 cm³/mol. The molecule has 1 heterocycles. The highest BCUT2D eigenvalue weighted by molar-refractivity contribution is 5.27. The lowest BCUT2D eigenvalue weighted by atomic mass is 10.1. The van der Waals surface area contributed by atoms with Crippen LogP contribution >= 0.6 is 0 Å².